The average molecular weight is 416 g/mol. The molecule has 0 aliphatic carbocycles. The van der Waals surface area contributed by atoms with Crippen LogP contribution in [0.5, 0.6) is 0 Å². The van der Waals surface area contributed by atoms with Crippen LogP contribution in [0.3, 0.4) is 0 Å². The van der Waals surface area contributed by atoms with Crippen molar-refractivity contribution in [1.82, 2.24) is 4.90 Å². The van der Waals surface area contributed by atoms with Crippen LogP contribution in [0.15, 0.2) is 54.6 Å². The molecule has 7 heteroatoms. The van der Waals surface area contributed by atoms with Gasteiger partial charge in [0.25, 0.3) is 0 Å². The highest BCUT2D eigenvalue weighted by atomic mass is 19.4. The number of benzene rings is 3. The van der Waals surface area contributed by atoms with Gasteiger partial charge in [-0.05, 0) is 54.5 Å². The molecule has 1 amide bonds. The Labute approximate surface area is 171 Å². The van der Waals surface area contributed by atoms with Crippen molar-refractivity contribution in [1.29, 1.82) is 0 Å². The lowest BCUT2D eigenvalue weighted by atomic mass is 9.91. The number of carbonyl (C=O) groups is 1. The second-order valence-electron chi connectivity index (χ2n) is 7.42. The minimum atomic E-state index is -4.77. The van der Waals surface area contributed by atoms with Gasteiger partial charge in [-0.3, -0.25) is 4.79 Å². The van der Waals surface area contributed by atoms with Gasteiger partial charge in [0.1, 0.15) is 5.82 Å². The molecule has 1 heterocycles. The zero-order chi connectivity index (χ0) is 21.3. The number of likely N-dealkylation sites (tertiary alicyclic amines) is 1. The Balaban J connectivity index is 1.75. The maximum Gasteiger partial charge on any atom is 0.419 e. The second kappa shape index (κ2) is 7.97. The first-order valence-electron chi connectivity index (χ1n) is 9.75. The summed E-state index contributed by atoms with van der Waals surface area (Å²) in [5.41, 5.74) is 0.464. The van der Waals surface area contributed by atoms with Crippen molar-refractivity contribution in [2.45, 2.75) is 31.5 Å². The van der Waals surface area contributed by atoms with Crippen molar-refractivity contribution in [3.63, 3.8) is 0 Å². The molecule has 1 saturated heterocycles. The summed E-state index contributed by atoms with van der Waals surface area (Å²) in [4.78, 5) is 13.3. The highest BCUT2D eigenvalue weighted by Gasteiger charge is 2.34. The molecule has 0 bridgehead atoms. The molecule has 1 aliphatic rings. The Kier molecular flexibility index (Phi) is 5.37. The lowest BCUT2D eigenvalue weighted by Crippen LogP contribution is -2.32. The Morgan fingerprint density at radius 3 is 2.50 bits per heavy atom. The number of carbonyl (C=O) groups excluding carboxylic acids is 1. The van der Waals surface area contributed by atoms with Gasteiger partial charge in [0.15, 0.2) is 0 Å². The lowest BCUT2D eigenvalue weighted by molar-refractivity contribution is -0.139. The van der Waals surface area contributed by atoms with E-state index in [9.17, 15) is 22.4 Å². The van der Waals surface area contributed by atoms with Crippen molar-refractivity contribution >= 4 is 28.6 Å². The summed E-state index contributed by atoms with van der Waals surface area (Å²) in [5, 5.41) is 4.75. The van der Waals surface area contributed by atoms with Crippen molar-refractivity contribution in [3.05, 3.63) is 71.5 Å². The first kappa shape index (κ1) is 20.2. The number of nitrogens with one attached hydrogen (secondary N) is 1. The van der Waals surface area contributed by atoms with Crippen molar-refractivity contribution in [2.75, 3.05) is 11.9 Å². The summed E-state index contributed by atoms with van der Waals surface area (Å²) >= 11 is 0. The molecule has 3 nitrogen and oxygen atoms in total. The molecule has 3 aromatic carbocycles. The van der Waals surface area contributed by atoms with Gasteiger partial charge >= 0.3 is 6.18 Å². The van der Waals surface area contributed by atoms with E-state index in [-0.39, 0.29) is 11.7 Å². The molecular weight excluding hydrogens is 396 g/mol. The molecule has 1 atom stereocenters. The SMILES string of the molecule is O=CN1CCCCC1c1ccc(Nc2ccc(F)c(C(F)(F)F)c2)c2ccccc12. The summed E-state index contributed by atoms with van der Waals surface area (Å²) < 4.78 is 52.8. The van der Waals surface area contributed by atoms with Gasteiger partial charge in [0.05, 0.1) is 11.6 Å². The maximum atomic E-state index is 13.6. The van der Waals surface area contributed by atoms with E-state index >= 15 is 0 Å². The van der Waals surface area contributed by atoms with Crippen LogP contribution < -0.4 is 5.32 Å². The van der Waals surface area contributed by atoms with Crippen LogP contribution in [-0.4, -0.2) is 17.9 Å². The quantitative estimate of drug-likeness (QED) is 0.393. The minimum absolute atomic E-state index is 0.0298. The van der Waals surface area contributed by atoms with Crippen LogP contribution in [0.1, 0.15) is 36.4 Å². The normalized spacial score (nSPS) is 17.2. The van der Waals surface area contributed by atoms with E-state index in [0.717, 1.165) is 54.1 Å². The topological polar surface area (TPSA) is 32.3 Å². The summed E-state index contributed by atoms with van der Waals surface area (Å²) in [6, 6.07) is 14.1. The summed E-state index contributed by atoms with van der Waals surface area (Å²) in [6.07, 6.45) is -1.03. The largest absolute Gasteiger partial charge is 0.419 e. The number of hydrogen-bond acceptors (Lipinski definition) is 2. The van der Waals surface area contributed by atoms with Crippen LogP contribution in [0.25, 0.3) is 10.8 Å². The van der Waals surface area contributed by atoms with Gasteiger partial charge < -0.3 is 10.2 Å². The Hall–Kier alpha value is -3.09. The van der Waals surface area contributed by atoms with E-state index in [4.69, 9.17) is 0 Å². The summed E-state index contributed by atoms with van der Waals surface area (Å²) in [7, 11) is 0. The molecule has 0 spiro atoms. The van der Waals surface area contributed by atoms with Crippen molar-refractivity contribution in [2.24, 2.45) is 0 Å². The summed E-state index contributed by atoms with van der Waals surface area (Å²) in [6.45, 7) is 0.707. The van der Waals surface area contributed by atoms with Gasteiger partial charge in [-0.1, -0.05) is 30.3 Å². The number of fused-ring (bicyclic) bond motifs is 1. The van der Waals surface area contributed by atoms with Gasteiger partial charge in [-0.25, -0.2) is 4.39 Å². The first-order valence-corrected chi connectivity index (χ1v) is 9.75. The Morgan fingerprint density at radius 1 is 1.00 bits per heavy atom. The van der Waals surface area contributed by atoms with E-state index < -0.39 is 17.6 Å². The molecule has 30 heavy (non-hydrogen) atoms. The van der Waals surface area contributed by atoms with Crippen molar-refractivity contribution < 1.29 is 22.4 Å². The van der Waals surface area contributed by atoms with Crippen LogP contribution in [0, 0.1) is 5.82 Å². The molecule has 1 fully saturated rings. The molecule has 0 aromatic heterocycles. The van der Waals surface area contributed by atoms with Crippen LogP contribution in [0.4, 0.5) is 28.9 Å². The molecule has 1 N–H and O–H groups in total. The highest BCUT2D eigenvalue weighted by Crippen LogP contribution is 2.38. The summed E-state index contributed by atoms with van der Waals surface area (Å²) in [5.74, 6) is -1.31. The Morgan fingerprint density at radius 2 is 1.77 bits per heavy atom. The van der Waals surface area contributed by atoms with E-state index in [1.165, 1.54) is 6.07 Å². The number of nitrogens with zero attached hydrogens (tertiary/aromatic N) is 1. The Bertz CT molecular complexity index is 1080. The van der Waals surface area contributed by atoms with E-state index in [0.29, 0.717) is 12.2 Å². The molecule has 1 aliphatic heterocycles. The number of piperidine rings is 1. The fraction of sp³-hybridized carbons (Fsp3) is 0.261. The zero-order valence-electron chi connectivity index (χ0n) is 16.0. The molecule has 156 valence electrons. The van der Waals surface area contributed by atoms with Gasteiger partial charge in [-0.15, -0.1) is 0 Å². The van der Waals surface area contributed by atoms with Crippen LogP contribution >= 0.6 is 0 Å². The molecule has 4 rings (SSSR count). The van der Waals surface area contributed by atoms with E-state index in [2.05, 4.69) is 5.32 Å². The van der Waals surface area contributed by atoms with Crippen LogP contribution in [0.2, 0.25) is 0 Å². The molecule has 3 aromatic rings. The fourth-order valence-corrected chi connectivity index (χ4v) is 4.11. The number of alkyl halides is 3. The highest BCUT2D eigenvalue weighted by molar-refractivity contribution is 5.97. The average Bonchev–Trinajstić information content (AvgIpc) is 2.74. The van der Waals surface area contributed by atoms with Crippen LogP contribution in [-0.2, 0) is 11.0 Å². The number of rotatable bonds is 4. The minimum Gasteiger partial charge on any atom is -0.355 e. The lowest BCUT2D eigenvalue weighted by Gasteiger charge is -2.34. The third-order valence-electron chi connectivity index (χ3n) is 5.55. The third kappa shape index (κ3) is 3.84. The number of halogens is 4. The van der Waals surface area contributed by atoms with E-state index in [1.807, 2.05) is 30.3 Å². The number of hydrogen-bond donors (Lipinski definition) is 1. The predicted molar refractivity (Wildman–Crippen MR) is 108 cm³/mol. The van der Waals surface area contributed by atoms with Gasteiger partial charge in [0.2, 0.25) is 6.41 Å². The van der Waals surface area contributed by atoms with E-state index in [1.54, 1.807) is 11.0 Å². The first-order chi connectivity index (χ1) is 14.4. The molecule has 0 saturated carbocycles. The smallest absolute Gasteiger partial charge is 0.355 e. The predicted octanol–water partition coefficient (Wildman–Crippen LogP) is 6.42. The van der Waals surface area contributed by atoms with Gasteiger partial charge in [0, 0.05) is 23.3 Å². The van der Waals surface area contributed by atoms with Crippen molar-refractivity contribution in [3.8, 4) is 0 Å². The third-order valence-corrected chi connectivity index (χ3v) is 5.55. The maximum absolute atomic E-state index is 13.6. The standard InChI is InChI=1S/C23H20F4N2O/c24-20-10-8-15(13-19(20)23(25,26)27)28-21-11-9-18(16-5-1-2-6-17(16)21)22-7-3-4-12-29(22)14-30/h1-2,5-6,8-11,13-14,22,28H,3-4,7,12H2. The number of amides is 1. The molecular formula is C23H20F4N2O. The van der Waals surface area contributed by atoms with Gasteiger partial charge in [-0.2, -0.15) is 13.2 Å². The monoisotopic (exact) mass is 416 g/mol. The molecule has 0 radical (unpaired) electrons. The zero-order valence-corrected chi connectivity index (χ0v) is 16.0. The second-order valence-corrected chi connectivity index (χ2v) is 7.42. The molecule has 1 unspecified atom stereocenters. The fourth-order valence-electron chi connectivity index (χ4n) is 4.11. The number of anilines is 2.